The summed E-state index contributed by atoms with van der Waals surface area (Å²) in [4.78, 5) is 46.7. The Morgan fingerprint density at radius 1 is 0.950 bits per heavy atom. The molecule has 1 unspecified atom stereocenters. The van der Waals surface area contributed by atoms with Gasteiger partial charge in [0.1, 0.15) is 11.6 Å². The summed E-state index contributed by atoms with van der Waals surface area (Å²) in [6.07, 6.45) is 3.14. The molecule has 3 aromatic rings. The number of unbranched alkanes of at least 4 members (excludes halogenated alkanes) is 1. The molecule has 0 aliphatic carbocycles. The van der Waals surface area contributed by atoms with Crippen LogP contribution in [-0.2, 0) is 29.2 Å². The van der Waals surface area contributed by atoms with Crippen LogP contribution in [0, 0.1) is 0 Å². The maximum absolute atomic E-state index is 13.9. The van der Waals surface area contributed by atoms with Crippen molar-refractivity contribution in [3.63, 3.8) is 0 Å². The van der Waals surface area contributed by atoms with Gasteiger partial charge in [0.25, 0.3) is 0 Å². The molecule has 2 aromatic heterocycles. The van der Waals surface area contributed by atoms with Crippen molar-refractivity contribution in [2.45, 2.75) is 71.3 Å². The van der Waals surface area contributed by atoms with Crippen molar-refractivity contribution in [3.05, 3.63) is 88.4 Å². The van der Waals surface area contributed by atoms with Crippen molar-refractivity contribution in [1.82, 2.24) is 20.1 Å². The standard InChI is InChI=1S/C30H38N4O5S/c1-30(2,3)39-28(36)32-26(15-7-8-17-33(29(37)38)20-23-11-5-4-6-12-23)27(35)34(22-25-14-10-18-40-25)21-24-13-9-16-31-19-24/h4-6,9-14,16,18-19,26H,7-8,15,17,20-22H2,1-3H3,(H,32,36)(H,37,38). The summed E-state index contributed by atoms with van der Waals surface area (Å²) < 4.78 is 5.45. The summed E-state index contributed by atoms with van der Waals surface area (Å²) in [5.41, 5.74) is 1.06. The van der Waals surface area contributed by atoms with E-state index < -0.39 is 23.8 Å². The van der Waals surface area contributed by atoms with Crippen molar-refractivity contribution in [2.75, 3.05) is 6.54 Å². The topological polar surface area (TPSA) is 112 Å². The van der Waals surface area contributed by atoms with E-state index in [4.69, 9.17) is 4.74 Å². The molecule has 2 N–H and O–H groups in total. The van der Waals surface area contributed by atoms with Crippen molar-refractivity contribution < 1.29 is 24.2 Å². The van der Waals surface area contributed by atoms with Gasteiger partial charge >= 0.3 is 12.2 Å². The molecule has 0 saturated heterocycles. The zero-order chi connectivity index (χ0) is 29.0. The second kappa shape index (κ2) is 15.0. The Balaban J connectivity index is 1.70. The van der Waals surface area contributed by atoms with E-state index in [1.165, 1.54) is 4.90 Å². The lowest BCUT2D eigenvalue weighted by molar-refractivity contribution is -0.135. The summed E-state index contributed by atoms with van der Waals surface area (Å²) in [5.74, 6) is -0.234. The lowest BCUT2D eigenvalue weighted by Gasteiger charge is -2.29. The third-order valence-corrected chi connectivity index (χ3v) is 6.84. The van der Waals surface area contributed by atoms with Gasteiger partial charge in [-0.1, -0.05) is 42.5 Å². The first-order chi connectivity index (χ1) is 19.1. The number of aromatic nitrogens is 1. The fourth-order valence-corrected chi connectivity index (χ4v) is 4.86. The van der Waals surface area contributed by atoms with Crippen LogP contribution in [0.25, 0.3) is 0 Å². The molecular weight excluding hydrogens is 528 g/mol. The van der Waals surface area contributed by atoms with Gasteiger partial charge in [0.15, 0.2) is 0 Å². The van der Waals surface area contributed by atoms with Gasteiger partial charge in [-0.2, -0.15) is 0 Å². The first kappa shape index (κ1) is 30.6. The highest BCUT2D eigenvalue weighted by Crippen LogP contribution is 2.18. The van der Waals surface area contributed by atoms with Crippen LogP contribution in [0.15, 0.2) is 72.4 Å². The number of carbonyl (C=O) groups excluding carboxylic acids is 2. The van der Waals surface area contributed by atoms with E-state index in [1.807, 2.05) is 60.0 Å². The molecule has 3 rings (SSSR count). The van der Waals surface area contributed by atoms with Gasteiger partial charge in [0.05, 0.1) is 6.54 Å². The summed E-state index contributed by atoms with van der Waals surface area (Å²) in [5, 5.41) is 14.4. The number of ether oxygens (including phenoxy) is 1. The second-order valence-electron chi connectivity index (χ2n) is 10.5. The van der Waals surface area contributed by atoms with E-state index >= 15 is 0 Å². The predicted molar refractivity (Wildman–Crippen MR) is 155 cm³/mol. The summed E-state index contributed by atoms with van der Waals surface area (Å²) in [7, 11) is 0. The molecule has 1 aromatic carbocycles. The highest BCUT2D eigenvalue weighted by Gasteiger charge is 2.28. The molecule has 40 heavy (non-hydrogen) atoms. The van der Waals surface area contributed by atoms with Crippen LogP contribution in [0.4, 0.5) is 9.59 Å². The summed E-state index contributed by atoms with van der Waals surface area (Å²) >= 11 is 1.56. The third kappa shape index (κ3) is 10.7. The number of thiophene rings is 1. The van der Waals surface area contributed by atoms with Crippen molar-refractivity contribution in [3.8, 4) is 0 Å². The molecule has 0 fully saturated rings. The van der Waals surface area contributed by atoms with Gasteiger partial charge in [-0.05, 0) is 68.7 Å². The Bertz CT molecular complexity index is 1200. The van der Waals surface area contributed by atoms with Gasteiger partial charge in [-0.15, -0.1) is 11.3 Å². The number of alkyl carbamates (subject to hydrolysis) is 1. The van der Waals surface area contributed by atoms with Crippen molar-refractivity contribution >= 4 is 29.4 Å². The van der Waals surface area contributed by atoms with Gasteiger partial charge in [0.2, 0.25) is 5.91 Å². The molecule has 1 atom stereocenters. The average Bonchev–Trinajstić information content (AvgIpc) is 3.42. The Morgan fingerprint density at radius 2 is 1.68 bits per heavy atom. The average molecular weight is 567 g/mol. The predicted octanol–water partition coefficient (Wildman–Crippen LogP) is 5.92. The fourth-order valence-electron chi connectivity index (χ4n) is 4.14. The fraction of sp³-hybridized carbons (Fsp3) is 0.400. The van der Waals surface area contributed by atoms with Crippen LogP contribution < -0.4 is 5.32 Å². The van der Waals surface area contributed by atoms with Gasteiger partial charge in [-0.3, -0.25) is 9.78 Å². The first-order valence-corrected chi connectivity index (χ1v) is 14.2. The quantitative estimate of drug-likeness (QED) is 0.249. The number of amides is 3. The minimum atomic E-state index is -0.998. The summed E-state index contributed by atoms with van der Waals surface area (Å²) in [6, 6.07) is 16.2. The normalized spacial score (nSPS) is 11.9. The monoisotopic (exact) mass is 566 g/mol. The largest absolute Gasteiger partial charge is 0.465 e. The molecule has 3 amide bonds. The number of hydrogen-bond donors (Lipinski definition) is 2. The number of nitrogens with one attached hydrogen (secondary N) is 1. The minimum absolute atomic E-state index is 0.234. The lowest BCUT2D eigenvalue weighted by Crippen LogP contribution is -2.49. The maximum atomic E-state index is 13.9. The van der Waals surface area contributed by atoms with Crippen LogP contribution in [0.2, 0.25) is 0 Å². The molecular formula is C30H38N4O5S. The molecule has 0 spiro atoms. The molecule has 10 heteroatoms. The van der Waals surface area contributed by atoms with Gasteiger partial charge < -0.3 is 25.0 Å². The smallest absolute Gasteiger partial charge is 0.408 e. The van der Waals surface area contributed by atoms with Crippen LogP contribution in [0.3, 0.4) is 0 Å². The van der Waals surface area contributed by atoms with E-state index in [1.54, 1.807) is 49.4 Å². The number of benzene rings is 1. The van der Waals surface area contributed by atoms with Crippen molar-refractivity contribution in [2.24, 2.45) is 0 Å². The molecule has 0 radical (unpaired) electrons. The van der Waals surface area contributed by atoms with Gasteiger partial charge in [-0.25, -0.2) is 9.59 Å². The number of carbonyl (C=O) groups is 3. The van der Waals surface area contributed by atoms with E-state index in [0.29, 0.717) is 38.9 Å². The molecule has 0 aliphatic rings. The Hall–Kier alpha value is -3.92. The van der Waals surface area contributed by atoms with Crippen LogP contribution in [0.1, 0.15) is 56.0 Å². The minimum Gasteiger partial charge on any atom is -0.465 e. The van der Waals surface area contributed by atoms with Crippen molar-refractivity contribution in [1.29, 1.82) is 0 Å². The zero-order valence-electron chi connectivity index (χ0n) is 23.3. The SMILES string of the molecule is CC(C)(C)OC(=O)NC(CCCCN(Cc1ccccc1)C(=O)O)C(=O)N(Cc1cccnc1)Cc1cccs1. The number of rotatable bonds is 13. The van der Waals surface area contributed by atoms with E-state index in [0.717, 1.165) is 16.0 Å². The van der Waals surface area contributed by atoms with E-state index in [9.17, 15) is 19.5 Å². The molecule has 214 valence electrons. The zero-order valence-corrected chi connectivity index (χ0v) is 24.1. The number of nitrogens with zero attached hydrogens (tertiary/aromatic N) is 3. The van der Waals surface area contributed by atoms with E-state index in [-0.39, 0.29) is 12.5 Å². The van der Waals surface area contributed by atoms with Crippen LogP contribution in [-0.4, -0.2) is 56.2 Å². The Morgan fingerprint density at radius 3 is 2.30 bits per heavy atom. The number of pyridine rings is 1. The number of hydrogen-bond acceptors (Lipinski definition) is 6. The second-order valence-corrected chi connectivity index (χ2v) is 11.6. The Labute approximate surface area is 239 Å². The molecule has 0 aliphatic heterocycles. The number of carboxylic acid groups (broad SMARTS) is 1. The molecule has 0 saturated carbocycles. The van der Waals surface area contributed by atoms with Crippen LogP contribution in [0.5, 0.6) is 0 Å². The highest BCUT2D eigenvalue weighted by atomic mass is 32.1. The first-order valence-electron chi connectivity index (χ1n) is 13.3. The molecule has 9 nitrogen and oxygen atoms in total. The van der Waals surface area contributed by atoms with Crippen LogP contribution >= 0.6 is 11.3 Å². The highest BCUT2D eigenvalue weighted by molar-refractivity contribution is 7.09. The molecule has 0 bridgehead atoms. The Kier molecular flexibility index (Phi) is 11.5. The lowest BCUT2D eigenvalue weighted by atomic mass is 10.1. The molecule has 2 heterocycles. The summed E-state index contributed by atoms with van der Waals surface area (Å²) in [6.45, 7) is 6.62. The maximum Gasteiger partial charge on any atom is 0.408 e. The van der Waals surface area contributed by atoms with Gasteiger partial charge in [0, 0.05) is 36.9 Å². The van der Waals surface area contributed by atoms with E-state index in [2.05, 4.69) is 10.3 Å². The third-order valence-electron chi connectivity index (χ3n) is 5.98.